The number of nitrogens with one attached hydrogen (secondary N) is 1. The molecular weight excluding hydrogens is 278 g/mol. The van der Waals surface area contributed by atoms with Gasteiger partial charge in [-0.3, -0.25) is 0 Å². The Hall–Kier alpha value is -1.55. The van der Waals surface area contributed by atoms with Crippen LogP contribution in [0.25, 0.3) is 0 Å². The number of hydrogen-bond acceptors (Lipinski definition) is 4. The Labute approximate surface area is 130 Å². The first-order chi connectivity index (χ1) is 10.4. The highest BCUT2D eigenvalue weighted by Gasteiger charge is 2.19. The Balaban J connectivity index is 1.76. The van der Waals surface area contributed by atoms with Crippen molar-refractivity contribution in [2.75, 3.05) is 11.9 Å². The first kappa shape index (κ1) is 14.4. The van der Waals surface area contributed by atoms with E-state index >= 15 is 0 Å². The number of aryl methyl sites for hydroxylation is 1. The van der Waals surface area contributed by atoms with E-state index in [0.29, 0.717) is 0 Å². The molecule has 3 rings (SSSR count). The maximum absolute atomic E-state index is 4.77. The van der Waals surface area contributed by atoms with Crippen LogP contribution in [0, 0.1) is 0 Å². The number of anilines is 1. The van der Waals surface area contributed by atoms with Gasteiger partial charge in [0.1, 0.15) is 11.6 Å². The summed E-state index contributed by atoms with van der Waals surface area (Å²) in [7, 11) is 0. The third kappa shape index (κ3) is 3.56. The molecule has 0 spiro atoms. The van der Waals surface area contributed by atoms with Crippen LogP contribution >= 0.6 is 11.8 Å². The van der Waals surface area contributed by atoms with Crippen molar-refractivity contribution in [2.45, 2.75) is 43.3 Å². The van der Waals surface area contributed by atoms with Gasteiger partial charge in [0, 0.05) is 22.7 Å². The topological polar surface area (TPSA) is 37.8 Å². The van der Waals surface area contributed by atoms with Gasteiger partial charge in [0.05, 0.1) is 5.75 Å². The average Bonchev–Trinajstić information content (AvgIpc) is 3.00. The maximum Gasteiger partial charge on any atom is 0.141 e. The molecule has 2 aromatic rings. The molecular formula is C17H21N3S. The average molecular weight is 299 g/mol. The van der Waals surface area contributed by atoms with Crippen molar-refractivity contribution in [3.63, 3.8) is 0 Å². The fourth-order valence-corrected chi connectivity index (χ4v) is 3.38. The first-order valence-corrected chi connectivity index (χ1v) is 8.65. The highest BCUT2D eigenvalue weighted by Crippen LogP contribution is 2.28. The van der Waals surface area contributed by atoms with Crippen molar-refractivity contribution in [1.29, 1.82) is 0 Å². The van der Waals surface area contributed by atoms with E-state index in [-0.39, 0.29) is 0 Å². The molecule has 4 heteroatoms. The van der Waals surface area contributed by atoms with Crippen molar-refractivity contribution in [1.82, 2.24) is 9.97 Å². The fraction of sp³-hybridized carbons (Fsp3) is 0.412. The minimum Gasteiger partial charge on any atom is -0.370 e. The lowest BCUT2D eigenvalue weighted by atomic mass is 10.2. The van der Waals surface area contributed by atoms with Crippen LogP contribution in [-0.2, 0) is 18.6 Å². The Morgan fingerprint density at radius 2 is 2.00 bits per heavy atom. The van der Waals surface area contributed by atoms with Gasteiger partial charge in [-0.1, -0.05) is 25.1 Å². The van der Waals surface area contributed by atoms with Gasteiger partial charge in [0.15, 0.2) is 0 Å². The van der Waals surface area contributed by atoms with Gasteiger partial charge in [0.25, 0.3) is 0 Å². The van der Waals surface area contributed by atoms with Crippen LogP contribution in [0.15, 0.2) is 35.2 Å². The van der Waals surface area contributed by atoms with E-state index in [9.17, 15) is 0 Å². The SMILES string of the molecule is CCCNc1nc(CSc2ccccc2)nc2c1CCC2. The largest absolute Gasteiger partial charge is 0.370 e. The summed E-state index contributed by atoms with van der Waals surface area (Å²) in [6.07, 6.45) is 4.54. The zero-order valence-electron chi connectivity index (χ0n) is 12.4. The third-order valence-corrected chi connectivity index (χ3v) is 4.64. The highest BCUT2D eigenvalue weighted by atomic mass is 32.2. The van der Waals surface area contributed by atoms with Crippen LogP contribution in [-0.4, -0.2) is 16.5 Å². The van der Waals surface area contributed by atoms with Crippen LogP contribution in [0.2, 0.25) is 0 Å². The minimum atomic E-state index is 0.831. The van der Waals surface area contributed by atoms with Crippen molar-refractivity contribution in [2.24, 2.45) is 0 Å². The molecule has 0 unspecified atom stereocenters. The van der Waals surface area contributed by atoms with Gasteiger partial charge < -0.3 is 5.32 Å². The summed E-state index contributed by atoms with van der Waals surface area (Å²) in [5.41, 5.74) is 2.60. The van der Waals surface area contributed by atoms with E-state index in [0.717, 1.165) is 43.2 Å². The lowest BCUT2D eigenvalue weighted by Crippen LogP contribution is -2.09. The normalized spacial score (nSPS) is 13.2. The van der Waals surface area contributed by atoms with Gasteiger partial charge >= 0.3 is 0 Å². The van der Waals surface area contributed by atoms with Crippen molar-refractivity contribution in [3.05, 3.63) is 47.4 Å². The van der Waals surface area contributed by atoms with Gasteiger partial charge in [-0.05, 0) is 37.8 Å². The van der Waals surface area contributed by atoms with Gasteiger partial charge in [0.2, 0.25) is 0 Å². The zero-order valence-corrected chi connectivity index (χ0v) is 13.2. The lowest BCUT2D eigenvalue weighted by molar-refractivity contribution is 0.893. The Morgan fingerprint density at radius 1 is 1.14 bits per heavy atom. The third-order valence-electron chi connectivity index (χ3n) is 3.63. The number of rotatable bonds is 6. The second kappa shape index (κ2) is 6.94. The molecule has 0 saturated carbocycles. The molecule has 1 N–H and O–H groups in total. The molecule has 0 radical (unpaired) electrons. The van der Waals surface area contributed by atoms with Gasteiger partial charge in [-0.15, -0.1) is 11.8 Å². The highest BCUT2D eigenvalue weighted by molar-refractivity contribution is 7.98. The fourth-order valence-electron chi connectivity index (χ4n) is 2.60. The Morgan fingerprint density at radius 3 is 2.81 bits per heavy atom. The molecule has 0 aliphatic heterocycles. The van der Waals surface area contributed by atoms with Crippen molar-refractivity contribution >= 4 is 17.6 Å². The smallest absolute Gasteiger partial charge is 0.141 e. The number of nitrogens with zero attached hydrogens (tertiary/aromatic N) is 2. The predicted molar refractivity (Wildman–Crippen MR) is 88.8 cm³/mol. The van der Waals surface area contributed by atoms with Crippen molar-refractivity contribution < 1.29 is 0 Å². The molecule has 0 atom stereocenters. The number of benzene rings is 1. The Kier molecular flexibility index (Phi) is 4.76. The maximum atomic E-state index is 4.77. The molecule has 110 valence electrons. The van der Waals surface area contributed by atoms with Crippen molar-refractivity contribution in [3.8, 4) is 0 Å². The van der Waals surface area contributed by atoms with Gasteiger partial charge in [-0.2, -0.15) is 0 Å². The molecule has 1 heterocycles. The minimum absolute atomic E-state index is 0.831. The molecule has 1 aliphatic carbocycles. The molecule has 21 heavy (non-hydrogen) atoms. The van der Waals surface area contributed by atoms with E-state index in [1.807, 2.05) is 6.07 Å². The first-order valence-electron chi connectivity index (χ1n) is 7.67. The second-order valence-corrected chi connectivity index (χ2v) is 6.34. The van der Waals surface area contributed by atoms with E-state index < -0.39 is 0 Å². The Bertz CT molecular complexity index is 598. The lowest BCUT2D eigenvalue weighted by Gasteiger charge is -2.11. The van der Waals surface area contributed by atoms with Crippen LogP contribution in [0.3, 0.4) is 0 Å². The number of fused-ring (bicyclic) bond motifs is 1. The molecule has 1 aromatic heterocycles. The second-order valence-electron chi connectivity index (χ2n) is 5.30. The summed E-state index contributed by atoms with van der Waals surface area (Å²) in [4.78, 5) is 10.8. The summed E-state index contributed by atoms with van der Waals surface area (Å²) < 4.78 is 0. The van der Waals surface area contributed by atoms with E-state index in [4.69, 9.17) is 9.97 Å². The van der Waals surface area contributed by atoms with E-state index in [1.54, 1.807) is 11.8 Å². The molecule has 1 aromatic carbocycles. The summed E-state index contributed by atoms with van der Waals surface area (Å²) in [6, 6.07) is 10.4. The quantitative estimate of drug-likeness (QED) is 0.816. The van der Waals surface area contributed by atoms with Crippen LogP contribution in [0.4, 0.5) is 5.82 Å². The molecule has 0 fully saturated rings. The van der Waals surface area contributed by atoms with Crippen LogP contribution in [0.5, 0.6) is 0 Å². The summed E-state index contributed by atoms with van der Waals surface area (Å²) in [6.45, 7) is 3.16. The summed E-state index contributed by atoms with van der Waals surface area (Å²) >= 11 is 1.80. The molecule has 0 bridgehead atoms. The summed E-state index contributed by atoms with van der Waals surface area (Å²) in [5, 5.41) is 3.47. The standard InChI is InChI=1S/C17H21N3S/c1-2-11-18-17-14-9-6-10-15(14)19-16(20-17)12-21-13-7-4-3-5-8-13/h3-5,7-8H,2,6,9-12H2,1H3,(H,18,19,20). The predicted octanol–water partition coefficient (Wildman–Crippen LogP) is 4.08. The molecule has 0 amide bonds. The monoisotopic (exact) mass is 299 g/mol. The zero-order chi connectivity index (χ0) is 14.5. The van der Waals surface area contributed by atoms with Gasteiger partial charge in [-0.25, -0.2) is 9.97 Å². The van der Waals surface area contributed by atoms with E-state index in [1.165, 1.54) is 22.6 Å². The summed E-state index contributed by atoms with van der Waals surface area (Å²) in [5.74, 6) is 2.85. The van der Waals surface area contributed by atoms with Crippen LogP contribution < -0.4 is 5.32 Å². The number of thioether (sulfide) groups is 1. The molecule has 0 saturated heterocycles. The van der Waals surface area contributed by atoms with E-state index in [2.05, 4.69) is 36.5 Å². The number of aromatic nitrogens is 2. The van der Waals surface area contributed by atoms with Crippen LogP contribution in [0.1, 0.15) is 36.8 Å². The molecule has 3 nitrogen and oxygen atoms in total. The molecule has 1 aliphatic rings. The number of hydrogen-bond donors (Lipinski definition) is 1.